The maximum atomic E-state index is 13.6. The molecule has 0 bridgehead atoms. The molecular formula is C16H20ClFN2O. The van der Waals surface area contributed by atoms with E-state index in [1.165, 1.54) is 6.07 Å². The van der Waals surface area contributed by atoms with Crippen molar-refractivity contribution in [2.45, 2.75) is 32.2 Å². The van der Waals surface area contributed by atoms with Crippen molar-refractivity contribution in [3.8, 4) is 0 Å². The zero-order chi connectivity index (χ0) is 14.8. The van der Waals surface area contributed by atoms with Crippen LogP contribution >= 0.6 is 11.6 Å². The molecule has 0 aliphatic carbocycles. The van der Waals surface area contributed by atoms with Crippen molar-refractivity contribution in [1.29, 1.82) is 0 Å². The first-order valence-electron chi connectivity index (χ1n) is 7.50. The zero-order valence-corrected chi connectivity index (χ0v) is 12.9. The maximum Gasteiger partial charge on any atom is 0.125 e. The Labute approximate surface area is 129 Å². The molecule has 3 rings (SSSR count). The fraction of sp³-hybridized carbons (Fsp3) is 0.562. The zero-order valence-electron chi connectivity index (χ0n) is 12.2. The smallest absolute Gasteiger partial charge is 0.125 e. The molecule has 114 valence electrons. The van der Waals surface area contributed by atoms with Gasteiger partial charge in [0.1, 0.15) is 11.6 Å². The molecule has 1 fully saturated rings. The number of aromatic nitrogens is 2. The van der Waals surface area contributed by atoms with Gasteiger partial charge in [-0.2, -0.15) is 0 Å². The molecule has 2 aromatic rings. The summed E-state index contributed by atoms with van der Waals surface area (Å²) in [5, 5.41) is 0. The summed E-state index contributed by atoms with van der Waals surface area (Å²) in [5.41, 5.74) is 1.71. The van der Waals surface area contributed by atoms with Crippen molar-refractivity contribution < 1.29 is 9.13 Å². The Hall–Kier alpha value is -1.13. The second-order valence-electron chi connectivity index (χ2n) is 5.66. The molecule has 0 spiro atoms. The molecule has 1 atom stereocenters. The predicted octanol–water partition coefficient (Wildman–Crippen LogP) is 3.94. The van der Waals surface area contributed by atoms with Gasteiger partial charge in [0.25, 0.3) is 0 Å². The van der Waals surface area contributed by atoms with E-state index in [2.05, 4.69) is 16.5 Å². The van der Waals surface area contributed by atoms with Crippen molar-refractivity contribution in [2.24, 2.45) is 5.92 Å². The minimum Gasteiger partial charge on any atom is -0.381 e. The lowest BCUT2D eigenvalue weighted by Crippen LogP contribution is -2.25. The lowest BCUT2D eigenvalue weighted by molar-refractivity contribution is 0.0515. The van der Waals surface area contributed by atoms with Gasteiger partial charge in [0.2, 0.25) is 0 Å². The molecule has 1 aromatic heterocycles. The summed E-state index contributed by atoms with van der Waals surface area (Å²) in [6.07, 6.45) is 2.78. The summed E-state index contributed by atoms with van der Waals surface area (Å²) < 4.78 is 21.3. The van der Waals surface area contributed by atoms with Gasteiger partial charge in [0.05, 0.1) is 11.0 Å². The predicted molar refractivity (Wildman–Crippen MR) is 82.4 cm³/mol. The third kappa shape index (κ3) is 2.92. The summed E-state index contributed by atoms with van der Waals surface area (Å²) in [6, 6.07) is 5.06. The molecule has 0 amide bonds. The van der Waals surface area contributed by atoms with Gasteiger partial charge >= 0.3 is 0 Å². The van der Waals surface area contributed by atoms with E-state index in [4.69, 9.17) is 16.3 Å². The molecule has 2 heterocycles. The van der Waals surface area contributed by atoms with Crippen molar-refractivity contribution >= 4 is 22.6 Å². The first-order valence-corrected chi connectivity index (χ1v) is 8.04. The van der Waals surface area contributed by atoms with E-state index in [1.54, 1.807) is 12.1 Å². The summed E-state index contributed by atoms with van der Waals surface area (Å²) in [5.74, 6) is 1.78. The van der Waals surface area contributed by atoms with E-state index in [1.807, 2.05) is 0 Å². The lowest BCUT2D eigenvalue weighted by Gasteiger charge is -2.30. The van der Waals surface area contributed by atoms with Crippen LogP contribution < -0.4 is 0 Å². The van der Waals surface area contributed by atoms with E-state index < -0.39 is 0 Å². The number of ether oxygens (including phenoxy) is 1. The molecule has 1 aliphatic heterocycles. The van der Waals surface area contributed by atoms with Crippen LogP contribution in [0.15, 0.2) is 18.2 Å². The SMILES string of the molecule is CC(C1CCOCC1)n1c(CCCl)nc2ccc(F)cc21. The molecule has 1 aromatic carbocycles. The normalized spacial score (nSPS) is 18.2. The van der Waals surface area contributed by atoms with Crippen LogP contribution in [0, 0.1) is 11.7 Å². The number of benzene rings is 1. The number of aryl methyl sites for hydroxylation is 1. The van der Waals surface area contributed by atoms with Crippen molar-refractivity contribution in [2.75, 3.05) is 19.1 Å². The standard InChI is InChI=1S/C16H20ClFN2O/c1-11(12-5-8-21-9-6-12)20-15-10-13(18)2-3-14(15)19-16(20)4-7-17/h2-3,10-12H,4-9H2,1H3. The number of hydrogen-bond acceptors (Lipinski definition) is 2. The second kappa shape index (κ2) is 6.32. The quantitative estimate of drug-likeness (QED) is 0.800. The van der Waals surface area contributed by atoms with E-state index in [9.17, 15) is 4.39 Å². The van der Waals surface area contributed by atoms with E-state index >= 15 is 0 Å². The number of imidazole rings is 1. The van der Waals surface area contributed by atoms with Gasteiger partial charge < -0.3 is 9.30 Å². The monoisotopic (exact) mass is 310 g/mol. The molecule has 0 saturated carbocycles. The van der Waals surface area contributed by atoms with Gasteiger partial charge in [0.15, 0.2) is 0 Å². The largest absolute Gasteiger partial charge is 0.381 e. The third-order valence-corrected chi connectivity index (χ3v) is 4.59. The molecule has 1 saturated heterocycles. The first-order chi connectivity index (χ1) is 10.2. The molecule has 5 heteroatoms. The van der Waals surface area contributed by atoms with Gasteiger partial charge in [-0.1, -0.05) is 0 Å². The maximum absolute atomic E-state index is 13.6. The average molecular weight is 311 g/mol. The number of hydrogen-bond donors (Lipinski definition) is 0. The van der Waals surface area contributed by atoms with Crippen LogP contribution in [0.1, 0.15) is 31.6 Å². The van der Waals surface area contributed by atoms with Gasteiger partial charge in [0, 0.05) is 31.6 Å². The van der Waals surface area contributed by atoms with Gasteiger partial charge in [-0.15, -0.1) is 11.6 Å². The third-order valence-electron chi connectivity index (χ3n) is 4.40. The average Bonchev–Trinajstić information content (AvgIpc) is 2.85. The molecule has 0 N–H and O–H groups in total. The topological polar surface area (TPSA) is 27.1 Å². The number of rotatable bonds is 4. The highest BCUT2D eigenvalue weighted by Crippen LogP contribution is 2.32. The highest BCUT2D eigenvalue weighted by molar-refractivity contribution is 6.17. The number of halogens is 2. The highest BCUT2D eigenvalue weighted by atomic mass is 35.5. The van der Waals surface area contributed by atoms with Crippen LogP contribution in [0.2, 0.25) is 0 Å². The Kier molecular flexibility index (Phi) is 4.45. The summed E-state index contributed by atoms with van der Waals surface area (Å²) in [7, 11) is 0. The Balaban J connectivity index is 2.04. The van der Waals surface area contributed by atoms with Crippen molar-refractivity contribution in [3.63, 3.8) is 0 Å². The molecule has 21 heavy (non-hydrogen) atoms. The van der Waals surface area contributed by atoms with Crippen LogP contribution in [0.5, 0.6) is 0 Å². The minimum atomic E-state index is -0.222. The van der Waals surface area contributed by atoms with Crippen LogP contribution in [-0.4, -0.2) is 28.6 Å². The van der Waals surface area contributed by atoms with Gasteiger partial charge in [-0.3, -0.25) is 0 Å². The summed E-state index contributed by atoms with van der Waals surface area (Å²) >= 11 is 5.91. The molecule has 1 aliphatic rings. The van der Waals surface area contributed by atoms with Crippen molar-refractivity contribution in [3.05, 3.63) is 29.8 Å². The molecule has 1 unspecified atom stereocenters. The van der Waals surface area contributed by atoms with Crippen LogP contribution in [0.3, 0.4) is 0 Å². The number of fused-ring (bicyclic) bond motifs is 1. The Bertz CT molecular complexity index is 622. The lowest BCUT2D eigenvalue weighted by atomic mass is 9.92. The Morgan fingerprint density at radius 2 is 2.19 bits per heavy atom. The fourth-order valence-electron chi connectivity index (χ4n) is 3.24. The van der Waals surface area contributed by atoms with E-state index in [0.717, 1.165) is 42.9 Å². The highest BCUT2D eigenvalue weighted by Gasteiger charge is 2.25. The molecule has 0 radical (unpaired) electrons. The van der Waals surface area contributed by atoms with E-state index in [-0.39, 0.29) is 11.9 Å². The van der Waals surface area contributed by atoms with E-state index in [0.29, 0.717) is 18.2 Å². The van der Waals surface area contributed by atoms with Crippen LogP contribution in [0.4, 0.5) is 4.39 Å². The minimum absolute atomic E-state index is 0.222. The molecule has 3 nitrogen and oxygen atoms in total. The van der Waals surface area contributed by atoms with Crippen LogP contribution in [0.25, 0.3) is 11.0 Å². The summed E-state index contributed by atoms with van der Waals surface area (Å²) in [4.78, 5) is 4.64. The fourth-order valence-corrected chi connectivity index (χ4v) is 3.41. The second-order valence-corrected chi connectivity index (χ2v) is 6.04. The van der Waals surface area contributed by atoms with Crippen molar-refractivity contribution in [1.82, 2.24) is 9.55 Å². The first kappa shape index (κ1) is 14.8. The number of alkyl halides is 1. The summed E-state index contributed by atoms with van der Waals surface area (Å²) in [6.45, 7) is 3.81. The Morgan fingerprint density at radius 1 is 1.43 bits per heavy atom. The van der Waals surface area contributed by atoms with Crippen LogP contribution in [-0.2, 0) is 11.2 Å². The van der Waals surface area contributed by atoms with Gasteiger partial charge in [-0.05, 0) is 43.9 Å². The number of nitrogens with zero attached hydrogens (tertiary/aromatic N) is 2. The Morgan fingerprint density at radius 3 is 2.90 bits per heavy atom. The van der Waals surface area contributed by atoms with Gasteiger partial charge in [-0.25, -0.2) is 9.37 Å². The molecular weight excluding hydrogens is 291 g/mol.